The minimum absolute atomic E-state index is 0.185. The summed E-state index contributed by atoms with van der Waals surface area (Å²) in [5, 5.41) is 7.65. The highest BCUT2D eigenvalue weighted by Gasteiger charge is 2.17. The first-order valence-electron chi connectivity index (χ1n) is 7.82. The molecule has 1 heterocycles. The van der Waals surface area contributed by atoms with Gasteiger partial charge in [0.05, 0.1) is 0 Å². The van der Waals surface area contributed by atoms with Crippen LogP contribution in [0.3, 0.4) is 0 Å². The summed E-state index contributed by atoms with van der Waals surface area (Å²) in [4.78, 5) is 11.7. The number of ether oxygens (including phenoxy) is 1. The van der Waals surface area contributed by atoms with Gasteiger partial charge in [0.1, 0.15) is 6.61 Å². The third kappa shape index (κ3) is 1.85. The fourth-order valence-electron chi connectivity index (χ4n) is 3.68. The number of benzene rings is 4. The third-order valence-electron chi connectivity index (χ3n) is 4.72. The van der Waals surface area contributed by atoms with Gasteiger partial charge in [-0.1, -0.05) is 54.6 Å². The zero-order valence-electron chi connectivity index (χ0n) is 12.5. The number of esters is 1. The van der Waals surface area contributed by atoms with Crippen molar-refractivity contribution in [2.45, 2.75) is 6.42 Å². The van der Waals surface area contributed by atoms with Gasteiger partial charge in [0.25, 0.3) is 0 Å². The van der Waals surface area contributed by atoms with Crippen LogP contribution in [-0.2, 0) is 16.0 Å². The Hall–Kier alpha value is -2.87. The van der Waals surface area contributed by atoms with E-state index in [2.05, 4.69) is 54.6 Å². The van der Waals surface area contributed by atoms with Gasteiger partial charge >= 0.3 is 5.97 Å². The summed E-state index contributed by atoms with van der Waals surface area (Å²) >= 11 is 0. The Kier molecular flexibility index (Phi) is 2.51. The molecule has 23 heavy (non-hydrogen) atoms. The van der Waals surface area contributed by atoms with E-state index in [1.54, 1.807) is 0 Å². The van der Waals surface area contributed by atoms with E-state index in [4.69, 9.17) is 4.74 Å². The van der Waals surface area contributed by atoms with Crippen molar-refractivity contribution in [1.82, 2.24) is 0 Å². The minimum Gasteiger partial charge on any atom is -0.458 e. The highest BCUT2D eigenvalue weighted by atomic mass is 16.5. The number of hydrogen-bond acceptors (Lipinski definition) is 2. The van der Waals surface area contributed by atoms with Gasteiger partial charge in [-0.05, 0) is 44.0 Å². The van der Waals surface area contributed by atoms with Crippen LogP contribution in [0.25, 0.3) is 32.3 Å². The molecule has 0 saturated carbocycles. The Morgan fingerprint density at radius 1 is 0.826 bits per heavy atom. The molecule has 0 bridgehead atoms. The van der Waals surface area contributed by atoms with Crippen molar-refractivity contribution in [3.8, 4) is 0 Å². The van der Waals surface area contributed by atoms with Gasteiger partial charge in [0.15, 0.2) is 0 Å². The van der Waals surface area contributed by atoms with E-state index in [9.17, 15) is 4.79 Å². The standard InChI is InChI=1S/C21H14O2/c22-21-18(8-9-23-21)12-13-10-16-6-4-14-2-1-3-15-5-7-17(11-13)20(16)19(14)15/h1-8,10-11H,9,12H2. The molecule has 0 atom stereocenters. The predicted octanol–water partition coefficient (Wildman–Crippen LogP) is 4.61. The summed E-state index contributed by atoms with van der Waals surface area (Å²) in [6.07, 6.45) is 2.52. The van der Waals surface area contributed by atoms with Crippen molar-refractivity contribution in [2.75, 3.05) is 6.61 Å². The molecule has 4 aromatic rings. The zero-order valence-corrected chi connectivity index (χ0v) is 12.5. The van der Waals surface area contributed by atoms with E-state index in [0.717, 1.165) is 11.1 Å². The van der Waals surface area contributed by atoms with Crippen LogP contribution in [0.4, 0.5) is 0 Å². The van der Waals surface area contributed by atoms with E-state index in [-0.39, 0.29) is 5.97 Å². The van der Waals surface area contributed by atoms with Crippen LogP contribution in [0.2, 0.25) is 0 Å². The summed E-state index contributed by atoms with van der Waals surface area (Å²) in [5.41, 5.74) is 1.92. The normalized spacial score (nSPS) is 14.8. The number of cyclic esters (lactones) is 1. The van der Waals surface area contributed by atoms with E-state index in [1.807, 2.05) is 6.08 Å². The molecule has 0 spiro atoms. The van der Waals surface area contributed by atoms with Crippen LogP contribution in [-0.4, -0.2) is 12.6 Å². The monoisotopic (exact) mass is 298 g/mol. The summed E-state index contributed by atoms with van der Waals surface area (Å²) in [5.74, 6) is -0.185. The molecular weight excluding hydrogens is 284 g/mol. The molecule has 0 unspecified atom stereocenters. The quantitative estimate of drug-likeness (QED) is 0.399. The summed E-state index contributed by atoms with van der Waals surface area (Å²) in [7, 11) is 0. The second kappa shape index (κ2) is 4.56. The molecule has 0 aromatic heterocycles. The molecule has 0 fully saturated rings. The molecule has 1 aliphatic rings. The molecule has 2 heteroatoms. The fraction of sp³-hybridized carbons (Fsp3) is 0.0952. The lowest BCUT2D eigenvalue weighted by atomic mass is 9.91. The molecule has 0 aliphatic carbocycles. The minimum atomic E-state index is -0.185. The number of hydrogen-bond donors (Lipinski definition) is 0. The van der Waals surface area contributed by atoms with Gasteiger partial charge in [-0.3, -0.25) is 0 Å². The van der Waals surface area contributed by atoms with E-state index in [1.165, 1.54) is 32.3 Å². The second-order valence-electron chi connectivity index (χ2n) is 6.13. The molecule has 0 N–H and O–H groups in total. The summed E-state index contributed by atoms with van der Waals surface area (Å²) in [6.45, 7) is 0.405. The van der Waals surface area contributed by atoms with Crippen molar-refractivity contribution >= 4 is 38.3 Å². The van der Waals surface area contributed by atoms with Crippen LogP contribution in [0.1, 0.15) is 5.56 Å². The summed E-state index contributed by atoms with van der Waals surface area (Å²) < 4.78 is 5.00. The van der Waals surface area contributed by atoms with Gasteiger partial charge in [-0.25, -0.2) is 4.79 Å². The van der Waals surface area contributed by atoms with Crippen molar-refractivity contribution in [3.63, 3.8) is 0 Å². The van der Waals surface area contributed by atoms with Gasteiger partial charge in [-0.15, -0.1) is 0 Å². The van der Waals surface area contributed by atoms with Crippen molar-refractivity contribution in [1.29, 1.82) is 0 Å². The molecule has 0 amide bonds. The first-order valence-corrected chi connectivity index (χ1v) is 7.82. The summed E-state index contributed by atoms with van der Waals surface area (Å²) in [6, 6.07) is 19.5. The molecule has 0 radical (unpaired) electrons. The van der Waals surface area contributed by atoms with Crippen LogP contribution in [0, 0.1) is 0 Å². The molecule has 0 saturated heterocycles. The van der Waals surface area contributed by atoms with Crippen molar-refractivity contribution in [2.24, 2.45) is 0 Å². The lowest BCUT2D eigenvalue weighted by Gasteiger charge is -2.12. The highest BCUT2D eigenvalue weighted by Crippen LogP contribution is 2.35. The maximum absolute atomic E-state index is 11.7. The average Bonchev–Trinajstić information content (AvgIpc) is 2.97. The predicted molar refractivity (Wildman–Crippen MR) is 92.9 cm³/mol. The first-order chi connectivity index (χ1) is 11.3. The third-order valence-corrected chi connectivity index (χ3v) is 4.72. The van der Waals surface area contributed by atoms with E-state index in [0.29, 0.717) is 13.0 Å². The SMILES string of the molecule is O=C1OCC=C1Cc1cc2ccc3cccc4ccc(c1)c2c34. The Morgan fingerprint density at radius 3 is 2.04 bits per heavy atom. The van der Waals surface area contributed by atoms with Gasteiger partial charge in [-0.2, -0.15) is 0 Å². The lowest BCUT2D eigenvalue weighted by Crippen LogP contribution is -2.02. The van der Waals surface area contributed by atoms with Crippen molar-refractivity contribution in [3.05, 3.63) is 71.8 Å². The van der Waals surface area contributed by atoms with Gasteiger partial charge < -0.3 is 4.74 Å². The second-order valence-corrected chi connectivity index (χ2v) is 6.13. The molecule has 2 nitrogen and oxygen atoms in total. The van der Waals surface area contributed by atoms with Crippen LogP contribution in [0.5, 0.6) is 0 Å². The molecular formula is C21H14O2. The zero-order chi connectivity index (χ0) is 15.4. The Bertz CT molecular complexity index is 1040. The maximum Gasteiger partial charge on any atom is 0.334 e. The van der Waals surface area contributed by atoms with Crippen LogP contribution < -0.4 is 0 Å². The molecule has 4 aromatic carbocycles. The number of carbonyl (C=O) groups is 1. The lowest BCUT2D eigenvalue weighted by molar-refractivity contribution is -0.136. The number of rotatable bonds is 2. The molecule has 1 aliphatic heterocycles. The van der Waals surface area contributed by atoms with Gasteiger partial charge in [0.2, 0.25) is 0 Å². The Labute approximate surface area is 133 Å². The number of carbonyl (C=O) groups excluding carboxylic acids is 1. The fourth-order valence-corrected chi connectivity index (χ4v) is 3.68. The van der Waals surface area contributed by atoms with E-state index >= 15 is 0 Å². The Balaban J connectivity index is 1.76. The molecule has 110 valence electrons. The average molecular weight is 298 g/mol. The first kappa shape index (κ1) is 12.7. The highest BCUT2D eigenvalue weighted by molar-refractivity contribution is 6.23. The maximum atomic E-state index is 11.7. The topological polar surface area (TPSA) is 26.3 Å². The van der Waals surface area contributed by atoms with Crippen molar-refractivity contribution < 1.29 is 9.53 Å². The smallest absolute Gasteiger partial charge is 0.334 e. The van der Waals surface area contributed by atoms with Gasteiger partial charge in [0, 0.05) is 12.0 Å². The molecule has 5 rings (SSSR count). The largest absolute Gasteiger partial charge is 0.458 e. The Morgan fingerprint density at radius 2 is 1.43 bits per heavy atom. The van der Waals surface area contributed by atoms with Crippen LogP contribution in [0.15, 0.2) is 66.2 Å². The van der Waals surface area contributed by atoms with E-state index < -0.39 is 0 Å². The van der Waals surface area contributed by atoms with Crippen LogP contribution >= 0.6 is 0 Å².